The second kappa shape index (κ2) is 8.32. The van der Waals surface area contributed by atoms with Gasteiger partial charge in [-0.1, -0.05) is 38.1 Å². The first-order chi connectivity index (χ1) is 12.1. The number of carbonyl (C=O) groups is 1. The highest BCUT2D eigenvalue weighted by Crippen LogP contribution is 2.27. The molecule has 0 aliphatic rings. The molecule has 1 aromatic heterocycles. The maximum absolute atomic E-state index is 12.7. The lowest BCUT2D eigenvalue weighted by atomic mass is 10.0. The highest BCUT2D eigenvalue weighted by Gasteiger charge is 2.12. The van der Waals surface area contributed by atoms with E-state index in [4.69, 9.17) is 0 Å². The Kier molecular flexibility index (Phi) is 5.89. The maximum Gasteiger partial charge on any atom is 0.256 e. The van der Waals surface area contributed by atoms with Crippen molar-refractivity contribution in [2.24, 2.45) is 0 Å². The van der Waals surface area contributed by atoms with Gasteiger partial charge in [-0.15, -0.1) is 23.1 Å². The number of nitrogens with one attached hydrogen (secondary N) is 1. The van der Waals surface area contributed by atoms with Crippen molar-refractivity contribution in [3.8, 4) is 0 Å². The Morgan fingerprint density at radius 1 is 1.20 bits per heavy atom. The van der Waals surface area contributed by atoms with Crippen LogP contribution in [-0.2, 0) is 5.75 Å². The molecule has 1 heterocycles. The quantitative estimate of drug-likeness (QED) is 0.558. The molecule has 2 aromatic carbocycles. The fraction of sp³-hybridized carbons (Fsp3) is 0.200. The van der Waals surface area contributed by atoms with E-state index in [1.54, 1.807) is 23.1 Å². The Hall–Kier alpha value is -2.11. The Labute approximate surface area is 156 Å². The maximum atomic E-state index is 12.7. The zero-order chi connectivity index (χ0) is 17.6. The van der Waals surface area contributed by atoms with E-state index in [0.717, 1.165) is 22.0 Å². The molecule has 1 N–H and O–H groups in total. The number of amides is 1. The number of hydrogen-bond acceptors (Lipinski definition) is 4. The van der Waals surface area contributed by atoms with Crippen LogP contribution in [0.3, 0.4) is 0 Å². The number of thioether (sulfide) groups is 1. The molecule has 0 saturated carbocycles. The topological polar surface area (TPSA) is 42.0 Å². The summed E-state index contributed by atoms with van der Waals surface area (Å²) in [7, 11) is 0. The fourth-order valence-electron chi connectivity index (χ4n) is 2.41. The van der Waals surface area contributed by atoms with Crippen molar-refractivity contribution < 1.29 is 4.79 Å². The number of hydrogen-bond donors (Lipinski definition) is 1. The zero-order valence-corrected chi connectivity index (χ0v) is 15.9. The van der Waals surface area contributed by atoms with E-state index in [1.807, 2.05) is 53.4 Å². The molecule has 0 unspecified atom stereocenters. The average Bonchev–Trinajstić information content (AvgIpc) is 3.14. The molecule has 0 atom stereocenters. The summed E-state index contributed by atoms with van der Waals surface area (Å²) in [5, 5.41) is 5.06. The number of thiazole rings is 1. The summed E-state index contributed by atoms with van der Waals surface area (Å²) in [6.45, 7) is 4.29. The molecule has 0 bridgehead atoms. The second-order valence-electron chi connectivity index (χ2n) is 6.00. The van der Waals surface area contributed by atoms with Crippen LogP contribution in [0.25, 0.3) is 0 Å². The van der Waals surface area contributed by atoms with Crippen LogP contribution in [-0.4, -0.2) is 10.9 Å². The molecule has 3 rings (SSSR count). The summed E-state index contributed by atoms with van der Waals surface area (Å²) in [5.74, 6) is 1.11. The van der Waals surface area contributed by atoms with Crippen LogP contribution < -0.4 is 5.32 Å². The van der Waals surface area contributed by atoms with Crippen LogP contribution in [0.4, 0.5) is 5.69 Å². The highest BCUT2D eigenvalue weighted by molar-refractivity contribution is 7.98. The van der Waals surface area contributed by atoms with Crippen molar-refractivity contribution in [2.45, 2.75) is 30.4 Å². The largest absolute Gasteiger partial charge is 0.322 e. The van der Waals surface area contributed by atoms with E-state index >= 15 is 0 Å². The van der Waals surface area contributed by atoms with Crippen molar-refractivity contribution in [1.82, 2.24) is 4.98 Å². The van der Waals surface area contributed by atoms with Crippen LogP contribution in [0.1, 0.15) is 41.4 Å². The first-order valence-corrected chi connectivity index (χ1v) is 10.1. The molecular weight excluding hydrogens is 348 g/mol. The van der Waals surface area contributed by atoms with E-state index in [-0.39, 0.29) is 5.91 Å². The predicted octanol–water partition coefficient (Wildman–Crippen LogP) is 5.81. The molecule has 0 radical (unpaired) electrons. The summed E-state index contributed by atoms with van der Waals surface area (Å²) in [4.78, 5) is 18.0. The first kappa shape index (κ1) is 17.7. The first-order valence-electron chi connectivity index (χ1n) is 8.13. The van der Waals surface area contributed by atoms with Gasteiger partial charge in [-0.25, -0.2) is 4.98 Å². The van der Waals surface area contributed by atoms with Gasteiger partial charge in [-0.3, -0.25) is 4.79 Å². The minimum absolute atomic E-state index is 0.0812. The monoisotopic (exact) mass is 368 g/mol. The van der Waals surface area contributed by atoms with Crippen molar-refractivity contribution in [2.75, 3.05) is 5.32 Å². The van der Waals surface area contributed by atoms with Gasteiger partial charge in [0, 0.05) is 21.7 Å². The van der Waals surface area contributed by atoms with Gasteiger partial charge in [-0.2, -0.15) is 0 Å². The third kappa shape index (κ3) is 4.71. The van der Waals surface area contributed by atoms with Gasteiger partial charge in [0.05, 0.1) is 16.8 Å². The molecule has 0 saturated heterocycles. The minimum atomic E-state index is -0.0812. The Morgan fingerprint density at radius 3 is 2.80 bits per heavy atom. The summed E-state index contributed by atoms with van der Waals surface area (Å²) in [5.41, 5.74) is 5.60. The minimum Gasteiger partial charge on any atom is -0.322 e. The Balaban J connectivity index is 1.74. The molecule has 0 fully saturated rings. The lowest BCUT2D eigenvalue weighted by Gasteiger charge is -2.11. The summed E-state index contributed by atoms with van der Waals surface area (Å²) in [6, 6.07) is 15.7. The van der Waals surface area contributed by atoms with Crippen molar-refractivity contribution in [3.63, 3.8) is 0 Å². The molecule has 3 aromatic rings. The van der Waals surface area contributed by atoms with Crippen LogP contribution in [0.15, 0.2) is 64.3 Å². The summed E-state index contributed by atoms with van der Waals surface area (Å²) >= 11 is 3.22. The summed E-state index contributed by atoms with van der Waals surface area (Å²) < 4.78 is 0. The smallest absolute Gasteiger partial charge is 0.256 e. The number of aromatic nitrogens is 1. The van der Waals surface area contributed by atoms with E-state index in [1.165, 1.54) is 5.56 Å². The lowest BCUT2D eigenvalue weighted by Crippen LogP contribution is -2.13. The van der Waals surface area contributed by atoms with E-state index < -0.39 is 0 Å². The van der Waals surface area contributed by atoms with Crippen molar-refractivity contribution in [1.29, 1.82) is 0 Å². The van der Waals surface area contributed by atoms with E-state index in [0.29, 0.717) is 11.5 Å². The number of carbonyl (C=O) groups excluding carboxylic acids is 1. The molecule has 5 heteroatoms. The Bertz CT molecular complexity index is 844. The lowest BCUT2D eigenvalue weighted by molar-refractivity contribution is 0.102. The predicted molar refractivity (Wildman–Crippen MR) is 107 cm³/mol. The van der Waals surface area contributed by atoms with Gasteiger partial charge in [0.25, 0.3) is 5.91 Å². The van der Waals surface area contributed by atoms with E-state index in [2.05, 4.69) is 30.2 Å². The molecule has 25 heavy (non-hydrogen) atoms. The standard InChI is InChI=1S/C20H20N2OS2/c1-14(2)15-6-5-7-16(10-15)22-20(23)18-8-3-4-9-19(18)25-12-17-11-24-13-21-17/h3-11,13-14H,12H2,1-2H3,(H,22,23). The van der Waals surface area contributed by atoms with Gasteiger partial charge >= 0.3 is 0 Å². The number of nitrogens with zero attached hydrogens (tertiary/aromatic N) is 1. The third-order valence-corrected chi connectivity index (χ3v) is 5.54. The van der Waals surface area contributed by atoms with Crippen LogP contribution in [0, 0.1) is 0 Å². The zero-order valence-electron chi connectivity index (χ0n) is 14.2. The third-order valence-electron chi connectivity index (χ3n) is 3.80. The Morgan fingerprint density at radius 2 is 2.04 bits per heavy atom. The van der Waals surface area contributed by atoms with Crippen LogP contribution >= 0.6 is 23.1 Å². The number of rotatable bonds is 6. The molecule has 128 valence electrons. The fourth-order valence-corrected chi connectivity index (χ4v) is 4.03. The molecule has 0 aliphatic heterocycles. The normalized spacial score (nSPS) is 10.8. The highest BCUT2D eigenvalue weighted by atomic mass is 32.2. The second-order valence-corrected chi connectivity index (χ2v) is 7.73. The van der Waals surface area contributed by atoms with Crippen LogP contribution in [0.5, 0.6) is 0 Å². The van der Waals surface area contributed by atoms with Crippen molar-refractivity contribution >= 4 is 34.7 Å². The SMILES string of the molecule is CC(C)c1cccc(NC(=O)c2ccccc2SCc2cscn2)c1. The molecule has 1 amide bonds. The molecule has 0 aliphatic carbocycles. The molecule has 0 spiro atoms. The number of benzene rings is 2. The van der Waals surface area contributed by atoms with Crippen molar-refractivity contribution in [3.05, 3.63) is 76.2 Å². The molecule has 3 nitrogen and oxygen atoms in total. The van der Waals surface area contributed by atoms with E-state index in [9.17, 15) is 4.79 Å². The van der Waals surface area contributed by atoms with Gasteiger partial charge in [-0.05, 0) is 35.7 Å². The van der Waals surface area contributed by atoms with Gasteiger partial charge in [0.2, 0.25) is 0 Å². The number of anilines is 1. The van der Waals surface area contributed by atoms with Gasteiger partial charge in [0.1, 0.15) is 0 Å². The van der Waals surface area contributed by atoms with Gasteiger partial charge in [0.15, 0.2) is 0 Å². The average molecular weight is 369 g/mol. The summed E-state index contributed by atoms with van der Waals surface area (Å²) in [6.07, 6.45) is 0. The molecular formula is C20H20N2OS2. The van der Waals surface area contributed by atoms with Crippen LogP contribution in [0.2, 0.25) is 0 Å². The van der Waals surface area contributed by atoms with Gasteiger partial charge < -0.3 is 5.32 Å².